The van der Waals surface area contributed by atoms with Crippen LogP contribution in [0, 0.1) is 6.92 Å². The van der Waals surface area contributed by atoms with Crippen molar-refractivity contribution in [1.29, 1.82) is 0 Å². The monoisotopic (exact) mass is 572 g/mol. The molecule has 0 aliphatic heterocycles. The fourth-order valence-corrected chi connectivity index (χ4v) is 5.34. The number of anilines is 3. The third-order valence-corrected chi connectivity index (χ3v) is 7.83. The Kier molecular flexibility index (Phi) is 8.87. The lowest BCUT2D eigenvalue weighted by Crippen LogP contribution is -2.22. The minimum atomic E-state index is -0.338. The highest BCUT2D eigenvalue weighted by atomic mass is 35.5. The second-order valence-corrected chi connectivity index (χ2v) is 11.4. The van der Waals surface area contributed by atoms with Crippen molar-refractivity contribution in [3.8, 4) is 11.3 Å². The molecule has 5 nitrogen and oxygen atoms in total. The van der Waals surface area contributed by atoms with Crippen molar-refractivity contribution in [2.24, 2.45) is 0 Å². The third kappa shape index (κ3) is 7.21. The van der Waals surface area contributed by atoms with Crippen molar-refractivity contribution in [2.45, 2.75) is 24.0 Å². The number of aryl methyl sites for hydroxylation is 1. The van der Waals surface area contributed by atoms with Gasteiger partial charge in [0.25, 0.3) is 0 Å². The molecule has 4 rings (SSSR count). The van der Waals surface area contributed by atoms with Crippen molar-refractivity contribution in [2.75, 3.05) is 16.0 Å². The number of hydrogen-bond acceptors (Lipinski definition) is 5. The van der Waals surface area contributed by atoms with Crippen LogP contribution in [-0.4, -0.2) is 21.3 Å². The first-order chi connectivity index (χ1) is 17.3. The number of aromatic nitrogens is 1. The lowest BCUT2D eigenvalue weighted by Gasteiger charge is -2.13. The van der Waals surface area contributed by atoms with E-state index < -0.39 is 0 Å². The molecule has 184 valence electrons. The van der Waals surface area contributed by atoms with Gasteiger partial charge in [-0.15, -0.1) is 23.1 Å². The second-order valence-electron chi connectivity index (χ2n) is 7.89. The van der Waals surface area contributed by atoms with Crippen LogP contribution in [0.15, 0.2) is 77.0 Å². The Labute approximate surface area is 233 Å². The molecule has 36 heavy (non-hydrogen) atoms. The first-order valence-corrected chi connectivity index (χ1v) is 13.8. The number of thioether (sulfide) groups is 1. The maximum absolute atomic E-state index is 12.8. The second kappa shape index (κ2) is 12.1. The lowest BCUT2D eigenvalue weighted by atomic mass is 10.2. The molecule has 3 N–H and O–H groups in total. The SMILES string of the molecule is Cc1ccc(NC(=S)Nc2cccc(SC(C)C(=O)Nc3nc(-c4ccc(Cl)c(Cl)c4)cs3)c2)cc1. The first-order valence-electron chi connectivity index (χ1n) is 10.9. The molecule has 1 aromatic heterocycles. The van der Waals surface area contributed by atoms with E-state index in [-0.39, 0.29) is 11.2 Å². The fourth-order valence-electron chi connectivity index (χ4n) is 3.16. The number of thiazole rings is 1. The van der Waals surface area contributed by atoms with E-state index in [4.69, 9.17) is 35.4 Å². The average Bonchev–Trinajstić information content (AvgIpc) is 3.31. The van der Waals surface area contributed by atoms with Gasteiger partial charge in [0, 0.05) is 27.2 Å². The summed E-state index contributed by atoms with van der Waals surface area (Å²) < 4.78 is 0. The first kappa shape index (κ1) is 26.4. The summed E-state index contributed by atoms with van der Waals surface area (Å²) in [7, 11) is 0. The van der Waals surface area contributed by atoms with E-state index in [0.29, 0.717) is 20.3 Å². The van der Waals surface area contributed by atoms with Crippen LogP contribution in [0.4, 0.5) is 16.5 Å². The Bertz CT molecular complexity index is 1390. The Morgan fingerprint density at radius 1 is 0.972 bits per heavy atom. The van der Waals surface area contributed by atoms with Gasteiger partial charge in [0.2, 0.25) is 5.91 Å². The van der Waals surface area contributed by atoms with Gasteiger partial charge in [0.1, 0.15) is 0 Å². The lowest BCUT2D eigenvalue weighted by molar-refractivity contribution is -0.115. The van der Waals surface area contributed by atoms with Crippen molar-refractivity contribution >= 4 is 86.0 Å². The van der Waals surface area contributed by atoms with E-state index in [1.807, 2.05) is 73.8 Å². The third-order valence-electron chi connectivity index (χ3n) is 5.03. The van der Waals surface area contributed by atoms with E-state index in [9.17, 15) is 4.79 Å². The molecule has 0 aliphatic carbocycles. The number of amides is 1. The highest BCUT2D eigenvalue weighted by Gasteiger charge is 2.17. The molecule has 4 aromatic rings. The van der Waals surface area contributed by atoms with E-state index in [1.54, 1.807) is 12.1 Å². The number of carbonyl (C=O) groups is 1. The van der Waals surface area contributed by atoms with Crippen molar-refractivity contribution in [3.63, 3.8) is 0 Å². The van der Waals surface area contributed by atoms with Crippen molar-refractivity contribution in [1.82, 2.24) is 4.98 Å². The van der Waals surface area contributed by atoms with Crippen molar-refractivity contribution < 1.29 is 4.79 Å². The molecular formula is C26H22Cl2N4OS3. The predicted octanol–water partition coefficient (Wildman–Crippen LogP) is 8.35. The van der Waals surface area contributed by atoms with Crippen LogP contribution in [-0.2, 0) is 4.79 Å². The van der Waals surface area contributed by atoms with E-state index in [2.05, 4.69) is 20.9 Å². The molecular weight excluding hydrogens is 551 g/mol. The molecule has 0 radical (unpaired) electrons. The molecule has 1 atom stereocenters. The zero-order valence-corrected chi connectivity index (χ0v) is 23.3. The number of benzene rings is 3. The molecule has 0 aliphatic rings. The molecule has 1 heterocycles. The van der Waals surface area contributed by atoms with Crippen LogP contribution >= 0.6 is 58.5 Å². The average molecular weight is 574 g/mol. The molecule has 0 bridgehead atoms. The minimum Gasteiger partial charge on any atom is -0.332 e. The number of carbonyl (C=O) groups excluding carboxylic acids is 1. The smallest absolute Gasteiger partial charge is 0.239 e. The van der Waals surface area contributed by atoms with Gasteiger partial charge in [-0.3, -0.25) is 4.79 Å². The Morgan fingerprint density at radius 2 is 1.72 bits per heavy atom. The topological polar surface area (TPSA) is 66.0 Å². The standard InChI is InChI=1S/C26H22Cl2N4OS3/c1-15-6-9-18(10-7-15)29-25(34)30-19-4-3-5-20(13-19)36-16(2)24(33)32-26-31-23(14-35-26)17-8-11-21(27)22(28)12-17/h3-14,16H,1-2H3,(H2,29,30,34)(H,31,32,33). The molecule has 0 saturated heterocycles. The molecule has 0 spiro atoms. The van der Waals surface area contributed by atoms with E-state index in [0.717, 1.165) is 27.5 Å². The molecule has 1 amide bonds. The highest BCUT2D eigenvalue weighted by molar-refractivity contribution is 8.00. The summed E-state index contributed by atoms with van der Waals surface area (Å²) in [5.74, 6) is -0.134. The zero-order valence-electron chi connectivity index (χ0n) is 19.3. The van der Waals surface area contributed by atoms with Crippen LogP contribution in [0.1, 0.15) is 12.5 Å². The number of hydrogen-bond donors (Lipinski definition) is 3. The van der Waals surface area contributed by atoms with Crippen molar-refractivity contribution in [3.05, 3.63) is 87.7 Å². The summed E-state index contributed by atoms with van der Waals surface area (Å²) in [5, 5.41) is 12.8. The molecule has 0 saturated carbocycles. The Hall–Kier alpha value is -2.62. The van der Waals surface area contributed by atoms with Gasteiger partial charge in [-0.05, 0) is 68.5 Å². The largest absolute Gasteiger partial charge is 0.332 e. The predicted molar refractivity (Wildman–Crippen MR) is 159 cm³/mol. The summed E-state index contributed by atoms with van der Waals surface area (Å²) in [6, 6.07) is 21.1. The highest BCUT2D eigenvalue weighted by Crippen LogP contribution is 2.31. The summed E-state index contributed by atoms with van der Waals surface area (Å²) in [5.41, 5.74) is 4.50. The van der Waals surface area contributed by atoms with E-state index >= 15 is 0 Å². The fraction of sp³-hybridized carbons (Fsp3) is 0.115. The number of halogens is 2. The van der Waals surface area contributed by atoms with Gasteiger partial charge in [0.15, 0.2) is 10.2 Å². The van der Waals surface area contributed by atoms with Gasteiger partial charge in [-0.25, -0.2) is 4.98 Å². The maximum atomic E-state index is 12.8. The maximum Gasteiger partial charge on any atom is 0.239 e. The normalized spacial score (nSPS) is 11.6. The summed E-state index contributed by atoms with van der Waals surface area (Å²) in [6.45, 7) is 3.90. The van der Waals surface area contributed by atoms with Gasteiger partial charge >= 0.3 is 0 Å². The number of nitrogens with one attached hydrogen (secondary N) is 3. The van der Waals surface area contributed by atoms with Crippen LogP contribution in [0.25, 0.3) is 11.3 Å². The van der Waals surface area contributed by atoms with Gasteiger partial charge in [-0.1, -0.05) is 53.0 Å². The molecule has 3 aromatic carbocycles. The van der Waals surface area contributed by atoms with Crippen LogP contribution in [0.5, 0.6) is 0 Å². The van der Waals surface area contributed by atoms with Gasteiger partial charge < -0.3 is 16.0 Å². The van der Waals surface area contributed by atoms with Crippen LogP contribution in [0.2, 0.25) is 10.0 Å². The number of nitrogens with zero attached hydrogens (tertiary/aromatic N) is 1. The summed E-state index contributed by atoms with van der Waals surface area (Å²) in [6.07, 6.45) is 0. The molecule has 0 fully saturated rings. The van der Waals surface area contributed by atoms with Crippen LogP contribution in [0.3, 0.4) is 0 Å². The van der Waals surface area contributed by atoms with Gasteiger partial charge in [0.05, 0.1) is 21.0 Å². The summed E-state index contributed by atoms with van der Waals surface area (Å²) in [4.78, 5) is 18.3. The summed E-state index contributed by atoms with van der Waals surface area (Å²) >= 11 is 20.3. The minimum absolute atomic E-state index is 0.134. The quantitative estimate of drug-likeness (QED) is 0.153. The van der Waals surface area contributed by atoms with E-state index in [1.165, 1.54) is 28.7 Å². The molecule has 10 heteroatoms. The Balaban J connectivity index is 1.33. The zero-order chi connectivity index (χ0) is 25.7. The number of thiocarbonyl (C=S) groups is 1. The number of rotatable bonds is 7. The van der Waals surface area contributed by atoms with Gasteiger partial charge in [-0.2, -0.15) is 0 Å². The Morgan fingerprint density at radius 3 is 2.47 bits per heavy atom. The molecule has 1 unspecified atom stereocenters. The van der Waals surface area contributed by atoms with Crippen LogP contribution < -0.4 is 16.0 Å².